The molecule has 3 nitrogen and oxygen atoms in total. The molecule has 1 amide bonds. The SMILES string of the molecule is Cc1cc(C)cc(C2CC(O)N(c3ccc(Br)c(F)c3)C2=O)c1. The molecule has 3 rings (SSSR count). The van der Waals surface area contributed by atoms with Gasteiger partial charge in [0.1, 0.15) is 12.0 Å². The van der Waals surface area contributed by atoms with Crippen molar-refractivity contribution in [3.63, 3.8) is 0 Å². The smallest absolute Gasteiger partial charge is 0.236 e. The van der Waals surface area contributed by atoms with Crippen LogP contribution in [0.1, 0.15) is 29.0 Å². The Bertz CT molecular complexity index is 757. The molecule has 1 saturated heterocycles. The van der Waals surface area contributed by atoms with Crippen molar-refractivity contribution in [3.05, 3.63) is 63.4 Å². The summed E-state index contributed by atoms with van der Waals surface area (Å²) in [5.74, 6) is -1.07. The summed E-state index contributed by atoms with van der Waals surface area (Å²) >= 11 is 3.09. The summed E-state index contributed by atoms with van der Waals surface area (Å²) in [5, 5.41) is 10.3. The maximum absolute atomic E-state index is 13.7. The molecule has 2 aromatic rings. The van der Waals surface area contributed by atoms with Crippen LogP contribution in [0.2, 0.25) is 0 Å². The van der Waals surface area contributed by atoms with Crippen LogP contribution in [-0.4, -0.2) is 17.2 Å². The van der Waals surface area contributed by atoms with Crippen LogP contribution in [-0.2, 0) is 4.79 Å². The van der Waals surface area contributed by atoms with Crippen LogP contribution < -0.4 is 4.90 Å². The van der Waals surface area contributed by atoms with Gasteiger partial charge in [0.05, 0.1) is 10.4 Å². The highest BCUT2D eigenvalue weighted by atomic mass is 79.9. The Labute approximate surface area is 142 Å². The minimum Gasteiger partial charge on any atom is -0.373 e. The standard InChI is InChI=1S/C18H17BrFNO2/c1-10-5-11(2)7-12(6-10)14-9-17(22)21(18(14)23)13-3-4-15(19)16(20)8-13/h3-8,14,17,22H,9H2,1-2H3. The molecular formula is C18H17BrFNO2. The molecule has 2 atom stereocenters. The molecular weight excluding hydrogens is 361 g/mol. The quantitative estimate of drug-likeness (QED) is 0.857. The molecule has 2 unspecified atom stereocenters. The van der Waals surface area contributed by atoms with E-state index in [9.17, 15) is 14.3 Å². The first kappa shape index (κ1) is 16.1. The topological polar surface area (TPSA) is 40.5 Å². The Balaban J connectivity index is 1.96. The molecule has 120 valence electrons. The zero-order valence-corrected chi connectivity index (χ0v) is 14.5. The number of anilines is 1. The Morgan fingerprint density at radius 3 is 2.43 bits per heavy atom. The summed E-state index contributed by atoms with van der Waals surface area (Å²) in [7, 11) is 0. The molecule has 0 aliphatic carbocycles. The van der Waals surface area contributed by atoms with E-state index in [1.165, 1.54) is 17.0 Å². The summed E-state index contributed by atoms with van der Waals surface area (Å²) in [6.07, 6.45) is -0.645. The van der Waals surface area contributed by atoms with Crippen molar-refractivity contribution >= 4 is 27.5 Å². The van der Waals surface area contributed by atoms with E-state index in [0.29, 0.717) is 16.6 Å². The fourth-order valence-corrected chi connectivity index (χ4v) is 3.40. The van der Waals surface area contributed by atoms with Gasteiger partial charge in [0.15, 0.2) is 0 Å². The van der Waals surface area contributed by atoms with Crippen LogP contribution in [0.25, 0.3) is 0 Å². The number of aliphatic hydroxyl groups is 1. The van der Waals surface area contributed by atoms with Crippen LogP contribution >= 0.6 is 15.9 Å². The highest BCUT2D eigenvalue weighted by Gasteiger charge is 2.40. The monoisotopic (exact) mass is 377 g/mol. The van der Waals surface area contributed by atoms with E-state index in [1.807, 2.05) is 32.0 Å². The minimum absolute atomic E-state index is 0.204. The largest absolute Gasteiger partial charge is 0.373 e. The average molecular weight is 378 g/mol. The molecule has 0 saturated carbocycles. The molecule has 1 N–H and O–H groups in total. The van der Waals surface area contributed by atoms with Gasteiger partial charge in [-0.3, -0.25) is 9.69 Å². The Kier molecular flexibility index (Phi) is 4.25. The molecule has 1 fully saturated rings. The number of hydrogen-bond donors (Lipinski definition) is 1. The number of nitrogens with zero attached hydrogens (tertiary/aromatic N) is 1. The fraction of sp³-hybridized carbons (Fsp3) is 0.278. The molecule has 1 aliphatic rings. The number of halogens is 2. The van der Waals surface area contributed by atoms with Crippen LogP contribution in [0, 0.1) is 19.7 Å². The zero-order chi connectivity index (χ0) is 16.7. The van der Waals surface area contributed by atoms with Gasteiger partial charge in [0.25, 0.3) is 0 Å². The molecule has 0 aromatic heterocycles. The van der Waals surface area contributed by atoms with Crippen LogP contribution in [0.5, 0.6) is 0 Å². The lowest BCUT2D eigenvalue weighted by atomic mass is 9.94. The lowest BCUT2D eigenvalue weighted by molar-refractivity contribution is -0.118. The maximum Gasteiger partial charge on any atom is 0.236 e. The predicted molar refractivity (Wildman–Crippen MR) is 90.9 cm³/mol. The second kappa shape index (κ2) is 6.06. The van der Waals surface area contributed by atoms with Crippen molar-refractivity contribution in [3.8, 4) is 0 Å². The van der Waals surface area contributed by atoms with Gasteiger partial charge in [-0.05, 0) is 53.5 Å². The number of aryl methyl sites for hydroxylation is 2. The van der Waals surface area contributed by atoms with Crippen molar-refractivity contribution in [1.29, 1.82) is 0 Å². The Morgan fingerprint density at radius 2 is 1.83 bits per heavy atom. The van der Waals surface area contributed by atoms with Crippen molar-refractivity contribution in [2.75, 3.05) is 4.90 Å². The lowest BCUT2D eigenvalue weighted by Gasteiger charge is -2.21. The molecule has 1 heterocycles. The number of carbonyl (C=O) groups is 1. The third-order valence-corrected chi connectivity index (χ3v) is 4.75. The number of rotatable bonds is 2. The third kappa shape index (κ3) is 3.03. The Hall–Kier alpha value is -1.72. The predicted octanol–water partition coefficient (Wildman–Crippen LogP) is 4.04. The van der Waals surface area contributed by atoms with Crippen molar-refractivity contribution < 1.29 is 14.3 Å². The number of aliphatic hydroxyl groups excluding tert-OH is 1. The lowest BCUT2D eigenvalue weighted by Crippen LogP contribution is -2.33. The molecule has 0 radical (unpaired) electrons. The number of amides is 1. The average Bonchev–Trinajstić information content (AvgIpc) is 2.76. The van der Waals surface area contributed by atoms with E-state index in [4.69, 9.17) is 0 Å². The van der Waals surface area contributed by atoms with E-state index >= 15 is 0 Å². The molecule has 2 aromatic carbocycles. The van der Waals surface area contributed by atoms with Gasteiger partial charge in [0, 0.05) is 12.1 Å². The third-order valence-electron chi connectivity index (χ3n) is 4.11. The van der Waals surface area contributed by atoms with E-state index in [1.54, 1.807) is 6.07 Å². The fourth-order valence-electron chi connectivity index (χ4n) is 3.16. The Morgan fingerprint density at radius 1 is 1.17 bits per heavy atom. The van der Waals surface area contributed by atoms with Gasteiger partial charge in [-0.15, -0.1) is 0 Å². The first-order valence-corrected chi connectivity index (χ1v) is 8.20. The molecule has 1 aliphatic heterocycles. The maximum atomic E-state index is 13.7. The van der Waals surface area contributed by atoms with Crippen molar-refractivity contribution in [2.45, 2.75) is 32.4 Å². The molecule has 0 spiro atoms. The van der Waals surface area contributed by atoms with Gasteiger partial charge >= 0.3 is 0 Å². The van der Waals surface area contributed by atoms with E-state index in [2.05, 4.69) is 15.9 Å². The van der Waals surface area contributed by atoms with E-state index < -0.39 is 18.0 Å². The van der Waals surface area contributed by atoms with Gasteiger partial charge in [0.2, 0.25) is 5.91 Å². The normalized spacial score (nSPS) is 21.1. The first-order valence-electron chi connectivity index (χ1n) is 7.41. The number of carbonyl (C=O) groups excluding carboxylic acids is 1. The van der Waals surface area contributed by atoms with Crippen molar-refractivity contribution in [2.24, 2.45) is 0 Å². The van der Waals surface area contributed by atoms with Gasteiger partial charge in [-0.2, -0.15) is 0 Å². The zero-order valence-electron chi connectivity index (χ0n) is 12.9. The van der Waals surface area contributed by atoms with E-state index in [0.717, 1.165) is 16.7 Å². The van der Waals surface area contributed by atoms with Gasteiger partial charge in [-0.25, -0.2) is 4.39 Å². The first-order chi connectivity index (χ1) is 10.9. The summed E-state index contributed by atoms with van der Waals surface area (Å²) < 4.78 is 14.1. The van der Waals surface area contributed by atoms with Crippen LogP contribution in [0.4, 0.5) is 10.1 Å². The van der Waals surface area contributed by atoms with Crippen LogP contribution in [0.15, 0.2) is 40.9 Å². The molecule has 5 heteroatoms. The number of hydrogen-bond acceptors (Lipinski definition) is 2. The minimum atomic E-state index is -0.950. The van der Waals surface area contributed by atoms with Gasteiger partial charge in [-0.1, -0.05) is 29.3 Å². The van der Waals surface area contributed by atoms with E-state index in [-0.39, 0.29) is 5.91 Å². The summed E-state index contributed by atoms with van der Waals surface area (Å²) in [6, 6.07) is 10.4. The second-order valence-electron chi connectivity index (χ2n) is 6.00. The highest BCUT2D eigenvalue weighted by molar-refractivity contribution is 9.10. The summed E-state index contributed by atoms with van der Waals surface area (Å²) in [5.41, 5.74) is 3.42. The van der Waals surface area contributed by atoms with Crippen LogP contribution in [0.3, 0.4) is 0 Å². The molecule has 23 heavy (non-hydrogen) atoms. The number of benzene rings is 2. The van der Waals surface area contributed by atoms with Crippen molar-refractivity contribution in [1.82, 2.24) is 0 Å². The summed E-state index contributed by atoms with van der Waals surface area (Å²) in [6.45, 7) is 3.96. The highest BCUT2D eigenvalue weighted by Crippen LogP contribution is 2.37. The summed E-state index contributed by atoms with van der Waals surface area (Å²) in [4.78, 5) is 14.0. The molecule has 0 bridgehead atoms. The second-order valence-corrected chi connectivity index (χ2v) is 6.85. The van der Waals surface area contributed by atoms with Gasteiger partial charge < -0.3 is 5.11 Å².